The summed E-state index contributed by atoms with van der Waals surface area (Å²) >= 11 is 7.65. The van der Waals surface area contributed by atoms with Crippen LogP contribution >= 0.6 is 23.4 Å². The summed E-state index contributed by atoms with van der Waals surface area (Å²) < 4.78 is 19.5. The van der Waals surface area contributed by atoms with Gasteiger partial charge in [-0.2, -0.15) is 11.8 Å². The van der Waals surface area contributed by atoms with Gasteiger partial charge < -0.3 is 10.1 Å². The monoisotopic (exact) mass is 357 g/mol. The Morgan fingerprint density at radius 2 is 2.26 bits per heavy atom. The van der Waals surface area contributed by atoms with Crippen molar-refractivity contribution in [3.8, 4) is 0 Å². The van der Waals surface area contributed by atoms with Crippen LogP contribution in [0.2, 0.25) is 5.02 Å². The average Bonchev–Trinajstić information content (AvgIpc) is 2.46. The maximum absolute atomic E-state index is 14.2. The van der Waals surface area contributed by atoms with Gasteiger partial charge in [0.2, 0.25) is 5.91 Å². The molecule has 1 aromatic rings. The van der Waals surface area contributed by atoms with Gasteiger partial charge in [0.05, 0.1) is 5.57 Å². The summed E-state index contributed by atoms with van der Waals surface area (Å²) in [5.41, 5.74) is 0.776. The average molecular weight is 358 g/mol. The van der Waals surface area contributed by atoms with Crippen LogP contribution in [0.25, 0.3) is 0 Å². The van der Waals surface area contributed by atoms with E-state index in [1.807, 2.05) is 6.26 Å². The summed E-state index contributed by atoms with van der Waals surface area (Å²) in [4.78, 5) is 24.2. The highest BCUT2D eigenvalue weighted by molar-refractivity contribution is 7.98. The molecule has 0 unspecified atom stereocenters. The van der Waals surface area contributed by atoms with Crippen LogP contribution in [0.1, 0.15) is 24.8 Å². The van der Waals surface area contributed by atoms with Gasteiger partial charge in [-0.1, -0.05) is 17.7 Å². The Kier molecular flexibility index (Phi) is 6.07. The summed E-state index contributed by atoms with van der Waals surface area (Å²) in [7, 11) is 0. The largest absolute Gasteiger partial charge is 0.461 e. The number of benzene rings is 1. The molecule has 2 rings (SSSR count). The number of nitrogens with one attached hydrogen (secondary N) is 1. The van der Waals surface area contributed by atoms with E-state index in [4.69, 9.17) is 16.3 Å². The molecule has 0 aromatic heterocycles. The van der Waals surface area contributed by atoms with Crippen LogP contribution in [-0.4, -0.2) is 30.5 Å². The number of esters is 1. The van der Waals surface area contributed by atoms with Crippen molar-refractivity contribution >= 4 is 35.2 Å². The normalized spacial score (nSPS) is 17.9. The third kappa shape index (κ3) is 4.06. The number of carbonyl (C=O) groups excluding carboxylic acids is 2. The molecule has 0 radical (unpaired) electrons. The molecule has 1 aromatic carbocycles. The molecule has 0 saturated carbocycles. The van der Waals surface area contributed by atoms with Crippen LogP contribution in [0.15, 0.2) is 29.5 Å². The quantitative estimate of drug-likeness (QED) is 0.649. The lowest BCUT2D eigenvalue weighted by Gasteiger charge is -2.27. The molecule has 1 aliphatic heterocycles. The Balaban J connectivity index is 2.40. The molecule has 4 nitrogen and oxygen atoms in total. The molecule has 1 N–H and O–H groups in total. The van der Waals surface area contributed by atoms with Crippen molar-refractivity contribution in [2.75, 3.05) is 18.6 Å². The lowest BCUT2D eigenvalue weighted by Crippen LogP contribution is -2.34. The second kappa shape index (κ2) is 7.84. The van der Waals surface area contributed by atoms with E-state index in [1.54, 1.807) is 24.8 Å². The fourth-order valence-electron chi connectivity index (χ4n) is 2.56. The molecule has 1 heterocycles. The molecule has 23 heavy (non-hydrogen) atoms. The van der Waals surface area contributed by atoms with E-state index in [0.717, 1.165) is 0 Å². The minimum atomic E-state index is -0.751. The van der Waals surface area contributed by atoms with E-state index < -0.39 is 17.7 Å². The highest BCUT2D eigenvalue weighted by Gasteiger charge is 2.35. The number of rotatable bonds is 5. The summed E-state index contributed by atoms with van der Waals surface area (Å²) in [5, 5.41) is 2.80. The first kappa shape index (κ1) is 17.8. The van der Waals surface area contributed by atoms with E-state index in [2.05, 4.69) is 5.32 Å². The lowest BCUT2D eigenvalue weighted by atomic mass is 9.84. The number of hydrogen-bond acceptors (Lipinski definition) is 4. The topological polar surface area (TPSA) is 55.4 Å². The summed E-state index contributed by atoms with van der Waals surface area (Å²) in [6, 6.07) is 4.29. The number of amides is 1. The maximum atomic E-state index is 14.2. The van der Waals surface area contributed by atoms with Gasteiger partial charge in [0, 0.05) is 34.4 Å². The minimum absolute atomic E-state index is 0.0506. The summed E-state index contributed by atoms with van der Waals surface area (Å²) in [6.07, 6.45) is 1.85. The fourth-order valence-corrected chi connectivity index (χ4v) is 3.10. The van der Waals surface area contributed by atoms with Crippen molar-refractivity contribution in [2.45, 2.75) is 19.3 Å². The van der Waals surface area contributed by atoms with Crippen molar-refractivity contribution in [3.05, 3.63) is 45.9 Å². The van der Waals surface area contributed by atoms with Crippen LogP contribution < -0.4 is 5.32 Å². The number of thioether (sulfide) groups is 1. The second-order valence-corrected chi connectivity index (χ2v) is 6.50. The highest BCUT2D eigenvalue weighted by atomic mass is 35.5. The Morgan fingerprint density at radius 1 is 1.52 bits per heavy atom. The standard InChI is InChI=1S/C16H17ClFNO3S/c1-9-14(16(21)22-6-7-23-2)10(8-13(20)19-9)15-11(17)4-3-5-12(15)18/h3-5,10H,6-8H2,1-2H3,(H,19,20)/t10-/m1/s1. The van der Waals surface area contributed by atoms with E-state index in [1.165, 1.54) is 12.1 Å². The predicted molar refractivity (Wildman–Crippen MR) is 89.0 cm³/mol. The van der Waals surface area contributed by atoms with E-state index in [9.17, 15) is 14.0 Å². The Labute approximate surface area is 143 Å². The molecule has 1 amide bonds. The van der Waals surface area contributed by atoms with Crippen LogP contribution in [0.3, 0.4) is 0 Å². The second-order valence-electron chi connectivity index (χ2n) is 5.11. The van der Waals surface area contributed by atoms with Crippen molar-refractivity contribution in [3.63, 3.8) is 0 Å². The molecule has 124 valence electrons. The zero-order valence-corrected chi connectivity index (χ0v) is 14.4. The first-order chi connectivity index (χ1) is 11.0. The van der Waals surface area contributed by atoms with Gasteiger partial charge in [0.1, 0.15) is 12.4 Å². The minimum Gasteiger partial charge on any atom is -0.461 e. The van der Waals surface area contributed by atoms with Gasteiger partial charge in [-0.25, -0.2) is 9.18 Å². The third-order valence-corrected chi connectivity index (χ3v) is 4.46. The molecule has 7 heteroatoms. The van der Waals surface area contributed by atoms with Gasteiger partial charge in [-0.15, -0.1) is 0 Å². The van der Waals surface area contributed by atoms with Crippen molar-refractivity contribution < 1.29 is 18.7 Å². The Morgan fingerprint density at radius 3 is 2.91 bits per heavy atom. The SMILES string of the molecule is CSCCOC(=O)C1=C(C)NC(=O)C[C@H]1c1c(F)cccc1Cl. The summed E-state index contributed by atoms with van der Waals surface area (Å²) in [6.45, 7) is 1.85. The predicted octanol–water partition coefficient (Wildman–Crippen LogP) is 3.26. The number of allylic oxidation sites excluding steroid dienone is 1. The van der Waals surface area contributed by atoms with Crippen LogP contribution in [0.4, 0.5) is 4.39 Å². The zero-order chi connectivity index (χ0) is 17.0. The Hall–Kier alpha value is -1.53. The molecule has 0 bridgehead atoms. The van der Waals surface area contributed by atoms with E-state index >= 15 is 0 Å². The molecule has 0 saturated heterocycles. The fraction of sp³-hybridized carbons (Fsp3) is 0.375. The van der Waals surface area contributed by atoms with Gasteiger partial charge in [0.15, 0.2) is 0 Å². The van der Waals surface area contributed by atoms with E-state index in [-0.39, 0.29) is 35.1 Å². The van der Waals surface area contributed by atoms with E-state index in [0.29, 0.717) is 11.4 Å². The van der Waals surface area contributed by atoms with Crippen molar-refractivity contribution in [1.29, 1.82) is 0 Å². The van der Waals surface area contributed by atoms with Crippen LogP contribution in [0, 0.1) is 5.82 Å². The lowest BCUT2D eigenvalue weighted by molar-refractivity contribution is -0.139. The first-order valence-electron chi connectivity index (χ1n) is 7.06. The Bertz CT molecular complexity index is 642. The molecule has 0 spiro atoms. The van der Waals surface area contributed by atoms with Crippen molar-refractivity contribution in [1.82, 2.24) is 5.32 Å². The highest BCUT2D eigenvalue weighted by Crippen LogP contribution is 2.38. The maximum Gasteiger partial charge on any atom is 0.336 e. The smallest absolute Gasteiger partial charge is 0.336 e. The molecular weight excluding hydrogens is 341 g/mol. The van der Waals surface area contributed by atoms with Gasteiger partial charge in [0.25, 0.3) is 0 Å². The van der Waals surface area contributed by atoms with Crippen molar-refractivity contribution in [2.24, 2.45) is 0 Å². The number of halogens is 2. The van der Waals surface area contributed by atoms with Crippen LogP contribution in [0.5, 0.6) is 0 Å². The first-order valence-corrected chi connectivity index (χ1v) is 8.83. The van der Waals surface area contributed by atoms with Gasteiger partial charge in [-0.05, 0) is 25.3 Å². The number of hydrogen-bond donors (Lipinski definition) is 1. The zero-order valence-electron chi connectivity index (χ0n) is 12.8. The van der Waals surface area contributed by atoms with Gasteiger partial charge >= 0.3 is 5.97 Å². The summed E-state index contributed by atoms with van der Waals surface area (Å²) in [5.74, 6) is -1.47. The molecule has 1 aliphatic rings. The number of ether oxygens (including phenoxy) is 1. The molecule has 1 atom stereocenters. The molecular formula is C16H17ClFNO3S. The van der Waals surface area contributed by atoms with Gasteiger partial charge in [-0.3, -0.25) is 4.79 Å². The van der Waals surface area contributed by atoms with Crippen LogP contribution in [-0.2, 0) is 14.3 Å². The molecule has 0 aliphatic carbocycles. The third-order valence-electron chi connectivity index (χ3n) is 3.56. The number of carbonyl (C=O) groups is 2. The molecule has 0 fully saturated rings.